The number of likely N-dealkylation sites (tertiary alicyclic amines) is 1. The maximum atomic E-state index is 13.7. The van der Waals surface area contributed by atoms with Gasteiger partial charge in [0.1, 0.15) is 6.04 Å². The first kappa shape index (κ1) is 37.3. The van der Waals surface area contributed by atoms with E-state index in [-0.39, 0.29) is 65.4 Å². The third-order valence-corrected chi connectivity index (χ3v) is 9.19. The van der Waals surface area contributed by atoms with Crippen LogP contribution in [-0.4, -0.2) is 71.2 Å². The van der Waals surface area contributed by atoms with Crippen LogP contribution in [-0.2, 0) is 25.6 Å². The number of hydrogen-bond acceptors (Lipinski definition) is 4. The molecular weight excluding hydrogens is 552 g/mol. The monoisotopic (exact) mass is 612 g/mol. The molecule has 1 aliphatic rings. The van der Waals surface area contributed by atoms with E-state index in [9.17, 15) is 19.2 Å². The van der Waals surface area contributed by atoms with Gasteiger partial charge >= 0.3 is 0 Å². The molecule has 0 spiro atoms. The summed E-state index contributed by atoms with van der Waals surface area (Å²) in [4.78, 5) is 56.5. The van der Waals surface area contributed by atoms with Gasteiger partial charge in [0.25, 0.3) is 0 Å². The smallest absolute Gasteiger partial charge is 0.245 e. The van der Waals surface area contributed by atoms with Gasteiger partial charge < -0.3 is 20.4 Å². The highest BCUT2D eigenvalue weighted by molar-refractivity contribution is 5.88. The second-order valence-corrected chi connectivity index (χ2v) is 13.9. The summed E-state index contributed by atoms with van der Waals surface area (Å²) in [5.74, 6) is 0.0893. The largest absolute Gasteiger partial charge is 0.353 e. The molecule has 1 aliphatic heterocycles. The zero-order chi connectivity index (χ0) is 33.0. The summed E-state index contributed by atoms with van der Waals surface area (Å²) in [6, 6.07) is 9.52. The molecule has 8 heteroatoms. The van der Waals surface area contributed by atoms with Crippen molar-refractivity contribution in [1.82, 2.24) is 20.4 Å². The van der Waals surface area contributed by atoms with E-state index in [1.165, 1.54) is 5.56 Å². The molecule has 1 fully saturated rings. The predicted octanol–water partition coefficient (Wildman–Crippen LogP) is 5.59. The van der Waals surface area contributed by atoms with Crippen LogP contribution in [0.3, 0.4) is 0 Å². The molecule has 1 heterocycles. The van der Waals surface area contributed by atoms with Crippen LogP contribution in [0.5, 0.6) is 0 Å². The summed E-state index contributed by atoms with van der Waals surface area (Å²) in [6.07, 6.45) is 5.45. The first-order chi connectivity index (χ1) is 20.7. The van der Waals surface area contributed by atoms with Crippen LogP contribution in [0, 0.1) is 23.7 Å². The molecule has 248 valence electrons. The van der Waals surface area contributed by atoms with Gasteiger partial charge in [-0.1, -0.05) is 85.2 Å². The number of hydrogen-bond donors (Lipinski definition) is 2. The van der Waals surface area contributed by atoms with Gasteiger partial charge in [0, 0.05) is 50.5 Å². The lowest BCUT2D eigenvalue weighted by atomic mass is 9.91. The van der Waals surface area contributed by atoms with Crippen molar-refractivity contribution in [2.75, 3.05) is 13.6 Å². The van der Waals surface area contributed by atoms with E-state index >= 15 is 0 Å². The Bertz CT molecular complexity index is 1060. The Morgan fingerprint density at radius 1 is 0.977 bits per heavy atom. The molecule has 44 heavy (non-hydrogen) atoms. The standard InChI is InChI=1S/C36H60N4O4/c1-10-26(6)31(39(9)36(44)34(25(4)5)38-32(41)21-24(2)3)18-19-33(42)40-20-14-17-30(40)22-27(7)35(43)37-28(8)23-29-15-12-11-13-16-29/h11-13,15-16,24-28,30-31,34H,10,14,17-23H2,1-9H3,(H,37,43)(H,38,41)/t26-,27+,28+,30-,31?,34-/m0/s1. The Labute approximate surface area is 267 Å². The molecule has 2 rings (SSSR count). The van der Waals surface area contributed by atoms with E-state index in [4.69, 9.17) is 0 Å². The number of nitrogens with one attached hydrogen (secondary N) is 2. The Balaban J connectivity index is 1.99. The first-order valence-corrected chi connectivity index (χ1v) is 16.9. The fourth-order valence-corrected chi connectivity index (χ4v) is 6.37. The van der Waals surface area contributed by atoms with Crippen molar-refractivity contribution >= 4 is 23.6 Å². The summed E-state index contributed by atoms with van der Waals surface area (Å²) >= 11 is 0. The Kier molecular flexibility index (Phi) is 15.4. The number of rotatable bonds is 17. The van der Waals surface area contributed by atoms with Gasteiger partial charge in [-0.05, 0) is 62.3 Å². The molecular formula is C36H60N4O4. The van der Waals surface area contributed by atoms with Crippen molar-refractivity contribution in [1.29, 1.82) is 0 Å². The molecule has 2 N–H and O–H groups in total. The molecule has 0 aliphatic carbocycles. The van der Waals surface area contributed by atoms with Crippen LogP contribution >= 0.6 is 0 Å². The molecule has 0 aromatic heterocycles. The number of benzene rings is 1. The van der Waals surface area contributed by atoms with Crippen molar-refractivity contribution in [2.45, 2.75) is 131 Å². The molecule has 1 unspecified atom stereocenters. The molecule has 1 aromatic carbocycles. The molecule has 8 nitrogen and oxygen atoms in total. The minimum atomic E-state index is -0.598. The Hall–Kier alpha value is -2.90. The molecule has 0 saturated carbocycles. The van der Waals surface area contributed by atoms with E-state index in [1.54, 1.807) is 4.90 Å². The van der Waals surface area contributed by atoms with Gasteiger partial charge in [0.15, 0.2) is 0 Å². The average molecular weight is 613 g/mol. The van der Waals surface area contributed by atoms with Crippen molar-refractivity contribution in [3.05, 3.63) is 35.9 Å². The molecule has 1 saturated heterocycles. The topological polar surface area (TPSA) is 98.8 Å². The summed E-state index contributed by atoms with van der Waals surface area (Å²) in [5, 5.41) is 6.13. The van der Waals surface area contributed by atoms with E-state index in [1.807, 2.05) is 71.7 Å². The quantitative estimate of drug-likeness (QED) is 0.240. The summed E-state index contributed by atoms with van der Waals surface area (Å²) in [7, 11) is 1.81. The predicted molar refractivity (Wildman–Crippen MR) is 178 cm³/mol. The van der Waals surface area contributed by atoms with Crippen LogP contribution in [0.1, 0.15) is 106 Å². The van der Waals surface area contributed by atoms with Crippen molar-refractivity contribution in [3.8, 4) is 0 Å². The minimum absolute atomic E-state index is 0.0321. The molecule has 0 bridgehead atoms. The highest BCUT2D eigenvalue weighted by atomic mass is 16.2. The van der Waals surface area contributed by atoms with Crippen molar-refractivity contribution in [3.63, 3.8) is 0 Å². The highest BCUT2D eigenvalue weighted by Gasteiger charge is 2.35. The molecule has 0 radical (unpaired) electrons. The fraction of sp³-hybridized carbons (Fsp3) is 0.722. The third-order valence-electron chi connectivity index (χ3n) is 9.19. The number of likely N-dealkylation sites (N-methyl/N-ethyl adjacent to an activating group) is 1. The van der Waals surface area contributed by atoms with E-state index in [0.29, 0.717) is 32.2 Å². The van der Waals surface area contributed by atoms with E-state index in [0.717, 1.165) is 25.7 Å². The van der Waals surface area contributed by atoms with Crippen LogP contribution in [0.25, 0.3) is 0 Å². The molecule has 4 amide bonds. The van der Waals surface area contributed by atoms with Gasteiger partial charge in [0.05, 0.1) is 0 Å². The van der Waals surface area contributed by atoms with Gasteiger partial charge in [0.2, 0.25) is 23.6 Å². The Morgan fingerprint density at radius 3 is 2.23 bits per heavy atom. The lowest BCUT2D eigenvalue weighted by molar-refractivity contribution is -0.140. The summed E-state index contributed by atoms with van der Waals surface area (Å²) in [5.41, 5.74) is 1.19. The van der Waals surface area contributed by atoms with Crippen molar-refractivity contribution < 1.29 is 19.2 Å². The van der Waals surface area contributed by atoms with Gasteiger partial charge in [-0.15, -0.1) is 0 Å². The van der Waals surface area contributed by atoms with Crippen molar-refractivity contribution in [2.24, 2.45) is 23.7 Å². The lowest BCUT2D eigenvalue weighted by Gasteiger charge is -2.36. The fourth-order valence-electron chi connectivity index (χ4n) is 6.37. The highest BCUT2D eigenvalue weighted by Crippen LogP contribution is 2.27. The minimum Gasteiger partial charge on any atom is -0.353 e. The van der Waals surface area contributed by atoms with Gasteiger partial charge in [-0.3, -0.25) is 19.2 Å². The zero-order valence-corrected chi connectivity index (χ0v) is 28.9. The van der Waals surface area contributed by atoms with Crippen LogP contribution < -0.4 is 10.6 Å². The second kappa shape index (κ2) is 18.2. The maximum absolute atomic E-state index is 13.7. The van der Waals surface area contributed by atoms with E-state index < -0.39 is 6.04 Å². The number of nitrogens with zero attached hydrogens (tertiary/aromatic N) is 2. The summed E-state index contributed by atoms with van der Waals surface area (Å²) < 4.78 is 0. The zero-order valence-electron chi connectivity index (χ0n) is 28.9. The molecule has 6 atom stereocenters. The lowest BCUT2D eigenvalue weighted by Crippen LogP contribution is -2.54. The Morgan fingerprint density at radius 2 is 1.64 bits per heavy atom. The van der Waals surface area contributed by atoms with Crippen LogP contribution in [0.2, 0.25) is 0 Å². The number of amides is 4. The van der Waals surface area contributed by atoms with Gasteiger partial charge in [-0.25, -0.2) is 0 Å². The third kappa shape index (κ3) is 11.6. The summed E-state index contributed by atoms with van der Waals surface area (Å²) in [6.45, 7) is 16.8. The molecule has 1 aromatic rings. The van der Waals surface area contributed by atoms with Crippen LogP contribution in [0.4, 0.5) is 0 Å². The second-order valence-electron chi connectivity index (χ2n) is 13.9. The van der Waals surface area contributed by atoms with Crippen LogP contribution in [0.15, 0.2) is 30.3 Å². The number of carbonyl (C=O) groups is 4. The van der Waals surface area contributed by atoms with Gasteiger partial charge in [-0.2, -0.15) is 0 Å². The van der Waals surface area contributed by atoms with E-state index in [2.05, 4.69) is 36.6 Å². The normalized spacial score (nSPS) is 18.4. The first-order valence-electron chi connectivity index (χ1n) is 16.9. The number of carbonyl (C=O) groups excluding carboxylic acids is 4. The SMILES string of the molecule is CC[C@H](C)C(CCC(=O)N1CCC[C@H]1C[C@@H](C)C(=O)N[C@H](C)Cc1ccccc1)N(C)C(=O)[C@@H](NC(=O)CC(C)C)C(C)C. The maximum Gasteiger partial charge on any atom is 0.245 e. The average Bonchev–Trinajstić information content (AvgIpc) is 3.43.